The molecule has 0 aromatic heterocycles. The largest absolute Gasteiger partial charge is 0.480 e. The van der Waals surface area contributed by atoms with Crippen molar-refractivity contribution >= 4 is 18.0 Å². The summed E-state index contributed by atoms with van der Waals surface area (Å²) in [5, 5.41) is 12.1. The van der Waals surface area contributed by atoms with Gasteiger partial charge in [0.2, 0.25) is 5.91 Å². The SMILES string of the molecule is CC(C)C[C@@H](NC(=O)[C@@H]1Cc2ccccc2CN1C(=O)OCc1ccccc1)C(=O)O. The number of hydrogen-bond donors (Lipinski definition) is 2. The third-order valence-corrected chi connectivity index (χ3v) is 5.31. The monoisotopic (exact) mass is 424 g/mol. The molecule has 2 atom stereocenters. The summed E-state index contributed by atoms with van der Waals surface area (Å²) in [6.07, 6.45) is 0.00786. The Morgan fingerprint density at radius 1 is 1.06 bits per heavy atom. The molecule has 0 aliphatic carbocycles. The summed E-state index contributed by atoms with van der Waals surface area (Å²) in [7, 11) is 0. The summed E-state index contributed by atoms with van der Waals surface area (Å²) in [5.41, 5.74) is 2.75. The Hall–Kier alpha value is -3.35. The van der Waals surface area contributed by atoms with E-state index in [9.17, 15) is 19.5 Å². The normalized spacial score (nSPS) is 16.4. The molecule has 7 heteroatoms. The number of fused-ring (bicyclic) bond motifs is 1. The van der Waals surface area contributed by atoms with Crippen LogP contribution in [0.5, 0.6) is 0 Å². The van der Waals surface area contributed by atoms with Crippen molar-refractivity contribution in [2.45, 2.75) is 51.9 Å². The van der Waals surface area contributed by atoms with E-state index in [1.807, 2.05) is 68.4 Å². The lowest BCUT2D eigenvalue weighted by Crippen LogP contribution is -2.55. The van der Waals surface area contributed by atoms with Crippen LogP contribution in [0.4, 0.5) is 4.79 Å². The molecular formula is C24H28N2O5. The number of ether oxygens (including phenoxy) is 1. The molecule has 7 nitrogen and oxygen atoms in total. The van der Waals surface area contributed by atoms with Crippen LogP contribution in [0.2, 0.25) is 0 Å². The molecule has 0 fully saturated rings. The number of nitrogens with one attached hydrogen (secondary N) is 1. The summed E-state index contributed by atoms with van der Waals surface area (Å²) in [6, 6.07) is 15.1. The summed E-state index contributed by atoms with van der Waals surface area (Å²) in [5.74, 6) is -1.48. The summed E-state index contributed by atoms with van der Waals surface area (Å²) in [4.78, 5) is 39.0. The van der Waals surface area contributed by atoms with E-state index in [1.165, 1.54) is 4.90 Å². The van der Waals surface area contributed by atoms with Gasteiger partial charge in [-0.2, -0.15) is 0 Å². The van der Waals surface area contributed by atoms with E-state index in [1.54, 1.807) is 0 Å². The first kappa shape index (κ1) is 22.3. The standard InChI is InChI=1S/C24H28N2O5/c1-16(2)12-20(23(28)29)25-22(27)21-13-18-10-6-7-11-19(18)14-26(21)24(30)31-15-17-8-4-3-5-9-17/h3-11,16,20-21H,12-15H2,1-2H3,(H,25,27)(H,28,29)/t20-,21+/m1/s1. The predicted octanol–water partition coefficient (Wildman–Crippen LogP) is 3.37. The Bertz CT molecular complexity index is 929. The maximum atomic E-state index is 13.1. The minimum Gasteiger partial charge on any atom is -0.480 e. The number of benzene rings is 2. The minimum atomic E-state index is -1.09. The van der Waals surface area contributed by atoms with Gasteiger partial charge in [-0.1, -0.05) is 68.4 Å². The number of hydrogen-bond acceptors (Lipinski definition) is 4. The molecule has 1 aliphatic heterocycles. The highest BCUT2D eigenvalue weighted by atomic mass is 16.6. The Morgan fingerprint density at radius 3 is 2.35 bits per heavy atom. The highest BCUT2D eigenvalue weighted by Crippen LogP contribution is 2.25. The lowest BCUT2D eigenvalue weighted by atomic mass is 9.93. The number of carboxylic acid groups (broad SMARTS) is 1. The van der Waals surface area contributed by atoms with Gasteiger partial charge < -0.3 is 15.2 Å². The Morgan fingerprint density at radius 2 is 1.71 bits per heavy atom. The second-order valence-electron chi connectivity index (χ2n) is 8.19. The van der Waals surface area contributed by atoms with E-state index in [2.05, 4.69) is 5.32 Å². The van der Waals surface area contributed by atoms with E-state index >= 15 is 0 Å². The van der Waals surface area contributed by atoms with Gasteiger partial charge in [-0.25, -0.2) is 9.59 Å². The molecule has 1 heterocycles. The Balaban J connectivity index is 1.78. The molecule has 31 heavy (non-hydrogen) atoms. The number of aliphatic carboxylic acids is 1. The van der Waals surface area contributed by atoms with Gasteiger partial charge in [0.15, 0.2) is 0 Å². The maximum absolute atomic E-state index is 13.1. The number of carbonyl (C=O) groups is 3. The van der Waals surface area contributed by atoms with Crippen molar-refractivity contribution in [1.29, 1.82) is 0 Å². The predicted molar refractivity (Wildman–Crippen MR) is 115 cm³/mol. The molecule has 0 saturated heterocycles. The van der Waals surface area contributed by atoms with Crippen molar-refractivity contribution in [2.75, 3.05) is 0 Å². The molecular weight excluding hydrogens is 396 g/mol. The Kier molecular flexibility index (Phi) is 7.28. The molecule has 3 rings (SSSR count). The molecule has 1 aliphatic rings. The van der Waals surface area contributed by atoms with Gasteiger partial charge in [-0.3, -0.25) is 9.69 Å². The third-order valence-electron chi connectivity index (χ3n) is 5.31. The van der Waals surface area contributed by atoms with E-state index in [-0.39, 0.29) is 19.1 Å². The molecule has 0 spiro atoms. The van der Waals surface area contributed by atoms with Crippen molar-refractivity contribution in [2.24, 2.45) is 5.92 Å². The summed E-state index contributed by atoms with van der Waals surface area (Å²) >= 11 is 0. The van der Waals surface area contributed by atoms with Crippen molar-refractivity contribution in [1.82, 2.24) is 10.2 Å². The van der Waals surface area contributed by atoms with Crippen LogP contribution in [-0.4, -0.2) is 40.1 Å². The van der Waals surface area contributed by atoms with Gasteiger partial charge in [0, 0.05) is 6.42 Å². The molecule has 0 bridgehead atoms. The highest BCUT2D eigenvalue weighted by Gasteiger charge is 2.37. The minimum absolute atomic E-state index is 0.0945. The lowest BCUT2D eigenvalue weighted by molar-refractivity contribution is -0.143. The first-order chi connectivity index (χ1) is 14.8. The molecule has 2 aromatic rings. The fraction of sp³-hybridized carbons (Fsp3) is 0.375. The Labute approximate surface area is 182 Å². The second-order valence-corrected chi connectivity index (χ2v) is 8.19. The molecule has 0 saturated carbocycles. The van der Waals surface area contributed by atoms with E-state index < -0.39 is 30.1 Å². The van der Waals surface area contributed by atoms with Gasteiger partial charge in [0.25, 0.3) is 0 Å². The third kappa shape index (κ3) is 5.84. The zero-order valence-electron chi connectivity index (χ0n) is 17.8. The van der Waals surface area contributed by atoms with Crippen LogP contribution in [0.15, 0.2) is 54.6 Å². The van der Waals surface area contributed by atoms with Crippen LogP contribution in [-0.2, 0) is 33.9 Å². The van der Waals surface area contributed by atoms with Crippen molar-refractivity contribution in [3.8, 4) is 0 Å². The number of carbonyl (C=O) groups excluding carboxylic acids is 2. The zero-order valence-corrected chi connectivity index (χ0v) is 17.8. The van der Waals surface area contributed by atoms with Crippen molar-refractivity contribution in [3.05, 3.63) is 71.3 Å². The van der Waals surface area contributed by atoms with Crippen LogP contribution in [0, 0.1) is 5.92 Å². The van der Waals surface area contributed by atoms with E-state index in [0.717, 1.165) is 16.7 Å². The van der Waals surface area contributed by atoms with Gasteiger partial charge in [0.1, 0.15) is 18.7 Å². The van der Waals surface area contributed by atoms with Gasteiger partial charge in [-0.05, 0) is 29.0 Å². The fourth-order valence-corrected chi connectivity index (χ4v) is 3.71. The average molecular weight is 424 g/mol. The molecule has 2 aromatic carbocycles. The van der Waals surface area contributed by atoms with Gasteiger partial charge in [0.05, 0.1) is 6.54 Å². The van der Waals surface area contributed by atoms with Crippen LogP contribution in [0.1, 0.15) is 37.0 Å². The highest BCUT2D eigenvalue weighted by molar-refractivity contribution is 5.90. The summed E-state index contributed by atoms with van der Waals surface area (Å²) in [6.45, 7) is 4.11. The zero-order chi connectivity index (χ0) is 22.4. The molecule has 2 amide bonds. The summed E-state index contributed by atoms with van der Waals surface area (Å²) < 4.78 is 5.47. The van der Waals surface area contributed by atoms with Crippen LogP contribution >= 0.6 is 0 Å². The first-order valence-corrected chi connectivity index (χ1v) is 10.4. The number of rotatable bonds is 7. The van der Waals surface area contributed by atoms with Crippen LogP contribution in [0.3, 0.4) is 0 Å². The van der Waals surface area contributed by atoms with Crippen molar-refractivity contribution in [3.63, 3.8) is 0 Å². The maximum Gasteiger partial charge on any atom is 0.411 e. The number of amides is 2. The van der Waals surface area contributed by atoms with Gasteiger partial charge in [-0.15, -0.1) is 0 Å². The van der Waals surface area contributed by atoms with E-state index in [4.69, 9.17) is 4.74 Å². The molecule has 0 unspecified atom stereocenters. The van der Waals surface area contributed by atoms with Gasteiger partial charge >= 0.3 is 12.1 Å². The average Bonchev–Trinajstić information content (AvgIpc) is 2.76. The van der Waals surface area contributed by atoms with Crippen molar-refractivity contribution < 1.29 is 24.2 Å². The second kappa shape index (κ2) is 10.1. The number of nitrogens with zero attached hydrogens (tertiary/aromatic N) is 1. The first-order valence-electron chi connectivity index (χ1n) is 10.4. The van der Waals surface area contributed by atoms with Crippen LogP contribution in [0.25, 0.3) is 0 Å². The topological polar surface area (TPSA) is 95.9 Å². The van der Waals surface area contributed by atoms with E-state index in [0.29, 0.717) is 12.8 Å². The molecule has 2 N–H and O–H groups in total. The smallest absolute Gasteiger partial charge is 0.411 e. The molecule has 164 valence electrons. The molecule has 0 radical (unpaired) electrons. The van der Waals surface area contributed by atoms with Crippen LogP contribution < -0.4 is 5.32 Å². The lowest BCUT2D eigenvalue weighted by Gasteiger charge is -2.35. The quantitative estimate of drug-likeness (QED) is 0.711. The number of carboxylic acids is 1. The fourth-order valence-electron chi connectivity index (χ4n) is 3.71.